The van der Waals surface area contributed by atoms with Crippen LogP contribution in [-0.4, -0.2) is 22.4 Å². The van der Waals surface area contributed by atoms with E-state index in [9.17, 15) is 13.2 Å². The second kappa shape index (κ2) is 5.80. The van der Waals surface area contributed by atoms with E-state index >= 15 is 0 Å². The summed E-state index contributed by atoms with van der Waals surface area (Å²) in [5.74, 6) is 0.300. The van der Waals surface area contributed by atoms with Crippen molar-refractivity contribution in [2.24, 2.45) is 11.3 Å². The van der Waals surface area contributed by atoms with E-state index < -0.39 is 11.8 Å². The van der Waals surface area contributed by atoms with Gasteiger partial charge < -0.3 is 4.74 Å². The molecule has 1 aliphatic carbocycles. The van der Waals surface area contributed by atoms with E-state index in [2.05, 4.69) is 20.8 Å². The third-order valence-electron chi connectivity index (χ3n) is 3.98. The lowest BCUT2D eigenvalue weighted by atomic mass is 9.68. The SMILES string of the molecule is CSC(=S)OC1(C(F)(F)F)CCC(C(C)(C)C)CC1. The van der Waals surface area contributed by atoms with Gasteiger partial charge in [0, 0.05) is 0 Å². The van der Waals surface area contributed by atoms with Crippen LogP contribution in [0.3, 0.4) is 0 Å². The summed E-state index contributed by atoms with van der Waals surface area (Å²) in [4.78, 5) is 0. The zero-order valence-electron chi connectivity index (χ0n) is 11.8. The Hall–Kier alpha value is 0.0300. The van der Waals surface area contributed by atoms with Crippen LogP contribution in [0.25, 0.3) is 0 Å². The number of alkyl halides is 3. The molecule has 0 radical (unpaired) electrons. The lowest BCUT2D eigenvalue weighted by Crippen LogP contribution is -2.51. The van der Waals surface area contributed by atoms with Crippen LogP contribution in [0.2, 0.25) is 0 Å². The molecule has 1 rings (SSSR count). The molecule has 0 spiro atoms. The van der Waals surface area contributed by atoms with Gasteiger partial charge in [0.1, 0.15) is 0 Å². The number of halogens is 3. The van der Waals surface area contributed by atoms with Gasteiger partial charge in [0.15, 0.2) is 0 Å². The van der Waals surface area contributed by atoms with Gasteiger partial charge >= 0.3 is 6.18 Å². The van der Waals surface area contributed by atoms with Crippen molar-refractivity contribution in [3.63, 3.8) is 0 Å². The van der Waals surface area contributed by atoms with Crippen LogP contribution in [0.5, 0.6) is 0 Å². The third-order valence-corrected chi connectivity index (χ3v) is 4.98. The number of ether oxygens (including phenoxy) is 1. The van der Waals surface area contributed by atoms with Gasteiger partial charge in [0.25, 0.3) is 0 Å². The largest absolute Gasteiger partial charge is 0.462 e. The third kappa shape index (κ3) is 4.00. The highest BCUT2D eigenvalue weighted by molar-refractivity contribution is 8.22. The van der Waals surface area contributed by atoms with Crippen LogP contribution in [0.1, 0.15) is 46.5 Å². The van der Waals surface area contributed by atoms with E-state index in [1.807, 2.05) is 0 Å². The first-order valence-electron chi connectivity index (χ1n) is 6.35. The fourth-order valence-corrected chi connectivity index (χ4v) is 3.00. The molecule has 1 aliphatic rings. The molecule has 0 unspecified atom stereocenters. The molecule has 19 heavy (non-hydrogen) atoms. The first-order chi connectivity index (χ1) is 8.52. The van der Waals surface area contributed by atoms with Gasteiger partial charge in [0.2, 0.25) is 9.98 Å². The van der Waals surface area contributed by atoms with E-state index in [1.54, 1.807) is 6.26 Å². The average molecular weight is 314 g/mol. The van der Waals surface area contributed by atoms with E-state index in [1.165, 1.54) is 0 Å². The summed E-state index contributed by atoms with van der Waals surface area (Å²) in [6, 6.07) is 0. The molecular weight excluding hydrogens is 293 g/mol. The summed E-state index contributed by atoms with van der Waals surface area (Å²) in [5, 5.41) is 0. The molecule has 1 fully saturated rings. The minimum atomic E-state index is -4.37. The fraction of sp³-hybridized carbons (Fsp3) is 0.923. The molecule has 0 aromatic rings. The van der Waals surface area contributed by atoms with Crippen LogP contribution in [0.4, 0.5) is 13.2 Å². The van der Waals surface area contributed by atoms with Gasteiger partial charge in [-0.25, -0.2) is 0 Å². The van der Waals surface area contributed by atoms with Gasteiger partial charge in [-0.3, -0.25) is 0 Å². The van der Waals surface area contributed by atoms with Crippen molar-refractivity contribution in [1.29, 1.82) is 0 Å². The maximum absolute atomic E-state index is 13.3. The Kier molecular flexibility index (Phi) is 5.21. The lowest BCUT2D eigenvalue weighted by Gasteiger charge is -2.44. The van der Waals surface area contributed by atoms with Gasteiger partial charge in [-0.05, 0) is 55.5 Å². The van der Waals surface area contributed by atoms with E-state index in [0.717, 1.165) is 11.8 Å². The minimum Gasteiger partial charge on any atom is -0.462 e. The van der Waals surface area contributed by atoms with E-state index in [-0.39, 0.29) is 22.6 Å². The molecule has 1 saturated carbocycles. The number of thiocarbonyl (C=S) groups is 1. The Morgan fingerprint density at radius 2 is 1.68 bits per heavy atom. The fourth-order valence-electron chi connectivity index (χ4n) is 2.59. The van der Waals surface area contributed by atoms with Crippen LogP contribution >= 0.6 is 24.0 Å². The number of thioether (sulfide) groups is 1. The number of hydrogen-bond acceptors (Lipinski definition) is 3. The maximum atomic E-state index is 13.3. The summed E-state index contributed by atoms with van der Waals surface area (Å²) in [6.07, 6.45) is -1.68. The maximum Gasteiger partial charge on any atom is 0.428 e. The molecule has 0 amide bonds. The molecule has 0 aliphatic heterocycles. The molecule has 0 aromatic carbocycles. The predicted molar refractivity (Wildman–Crippen MR) is 77.4 cm³/mol. The second-order valence-electron chi connectivity index (χ2n) is 6.19. The summed E-state index contributed by atoms with van der Waals surface area (Å²) in [5.41, 5.74) is -2.04. The van der Waals surface area contributed by atoms with Crippen LogP contribution in [0.15, 0.2) is 0 Å². The lowest BCUT2D eigenvalue weighted by molar-refractivity contribution is -0.265. The Morgan fingerprint density at radius 1 is 1.21 bits per heavy atom. The van der Waals surface area contributed by atoms with Gasteiger partial charge in [0.05, 0.1) is 0 Å². The summed E-state index contributed by atoms with van der Waals surface area (Å²) >= 11 is 5.87. The molecule has 0 atom stereocenters. The van der Waals surface area contributed by atoms with Gasteiger partial charge in [-0.15, -0.1) is 0 Å². The molecule has 0 heterocycles. The van der Waals surface area contributed by atoms with E-state index in [4.69, 9.17) is 17.0 Å². The van der Waals surface area contributed by atoms with Crippen molar-refractivity contribution in [3.05, 3.63) is 0 Å². The Labute approximate surface area is 122 Å². The Bertz CT molecular complexity index is 326. The van der Waals surface area contributed by atoms with Crippen LogP contribution in [0, 0.1) is 11.3 Å². The van der Waals surface area contributed by atoms with Crippen LogP contribution in [-0.2, 0) is 4.74 Å². The number of hydrogen-bond donors (Lipinski definition) is 0. The molecule has 0 bridgehead atoms. The number of rotatable bonds is 1. The summed E-state index contributed by atoms with van der Waals surface area (Å²) < 4.78 is 45.1. The predicted octanol–water partition coefficient (Wildman–Crippen LogP) is 5.19. The van der Waals surface area contributed by atoms with Gasteiger partial charge in [-0.2, -0.15) is 13.2 Å². The highest BCUT2D eigenvalue weighted by atomic mass is 32.2. The van der Waals surface area contributed by atoms with Crippen molar-refractivity contribution in [1.82, 2.24) is 0 Å². The van der Waals surface area contributed by atoms with E-state index in [0.29, 0.717) is 18.8 Å². The summed E-state index contributed by atoms with van der Waals surface area (Å²) in [6.45, 7) is 6.23. The molecule has 0 saturated heterocycles. The quantitative estimate of drug-likeness (QED) is 0.617. The van der Waals surface area contributed by atoms with Crippen molar-refractivity contribution >= 4 is 28.4 Å². The minimum absolute atomic E-state index is 0.000856. The molecular formula is C13H21F3OS2. The Morgan fingerprint density at radius 3 is 2.00 bits per heavy atom. The Balaban J connectivity index is 2.84. The normalized spacial score (nSPS) is 29.1. The second-order valence-corrected chi connectivity index (χ2v) is 7.60. The highest BCUT2D eigenvalue weighted by Crippen LogP contribution is 2.49. The first-order valence-corrected chi connectivity index (χ1v) is 7.99. The molecule has 1 nitrogen and oxygen atoms in total. The van der Waals surface area contributed by atoms with Crippen molar-refractivity contribution in [2.75, 3.05) is 6.26 Å². The van der Waals surface area contributed by atoms with Crippen LogP contribution < -0.4 is 0 Å². The topological polar surface area (TPSA) is 9.23 Å². The molecule has 6 heteroatoms. The zero-order valence-corrected chi connectivity index (χ0v) is 13.4. The summed E-state index contributed by atoms with van der Waals surface area (Å²) in [7, 11) is 0. The smallest absolute Gasteiger partial charge is 0.428 e. The monoisotopic (exact) mass is 314 g/mol. The van der Waals surface area contributed by atoms with Crippen molar-refractivity contribution in [3.8, 4) is 0 Å². The van der Waals surface area contributed by atoms with Crippen molar-refractivity contribution < 1.29 is 17.9 Å². The highest BCUT2D eigenvalue weighted by Gasteiger charge is 2.59. The standard InChI is InChI=1S/C13H21F3OS2/c1-11(2,3)9-5-7-12(8-6-9,13(14,15)16)17-10(18)19-4/h9H,5-8H2,1-4H3. The first kappa shape index (κ1) is 17.1. The van der Waals surface area contributed by atoms with Gasteiger partial charge in [-0.1, -0.05) is 32.5 Å². The molecule has 112 valence electrons. The molecule has 0 N–H and O–H groups in total. The zero-order chi connectivity index (χ0) is 14.9. The van der Waals surface area contributed by atoms with Crippen molar-refractivity contribution in [2.45, 2.75) is 58.2 Å². The average Bonchev–Trinajstić information content (AvgIpc) is 2.26. The molecule has 0 aromatic heterocycles.